The number of thioether (sulfide) groups is 1. The number of ketones is 1. The van der Waals surface area contributed by atoms with Gasteiger partial charge in [-0.3, -0.25) is 14.6 Å². The number of hydrazine groups is 1. The van der Waals surface area contributed by atoms with Crippen LogP contribution >= 0.6 is 11.8 Å². The largest absolute Gasteiger partial charge is 0.493 e. The molecule has 6 atom stereocenters. The molecule has 8 heteroatoms. The van der Waals surface area contributed by atoms with Crippen molar-refractivity contribution >= 4 is 23.5 Å². The molecule has 0 aromatic heterocycles. The Hall–Kier alpha value is -3.59. The number of carbonyl (C=O) groups excluding carboxylic acids is 2. The highest BCUT2D eigenvalue weighted by Crippen LogP contribution is 2.49. The summed E-state index contributed by atoms with van der Waals surface area (Å²) in [5.41, 5.74) is 4.52. The van der Waals surface area contributed by atoms with E-state index in [0.29, 0.717) is 31.7 Å². The molecule has 1 saturated heterocycles. The van der Waals surface area contributed by atoms with Crippen molar-refractivity contribution in [2.75, 3.05) is 19.8 Å². The van der Waals surface area contributed by atoms with Gasteiger partial charge in [0, 0.05) is 35.0 Å². The van der Waals surface area contributed by atoms with Crippen LogP contribution in [0.1, 0.15) is 34.7 Å². The second-order valence-electron chi connectivity index (χ2n) is 11.5. The third-order valence-electron chi connectivity index (χ3n) is 8.99. The third kappa shape index (κ3) is 4.36. The second-order valence-corrected chi connectivity index (χ2v) is 12.5. The second kappa shape index (κ2) is 10.0. The SMILES string of the molecule is O=C1C=CN2C(C(=O)N3C[C@H]4C[C@@H]4COc4cccc5c4[C@H](c4ccccc4SC5)N2C3)C1OCc1ccccc1. The molecule has 2 fully saturated rings. The number of benzene rings is 3. The number of hydrogen-bond donors (Lipinski definition) is 0. The first-order chi connectivity index (χ1) is 20.2. The maximum Gasteiger partial charge on any atom is 0.251 e. The molecule has 7 nitrogen and oxygen atoms in total. The molecule has 208 valence electrons. The van der Waals surface area contributed by atoms with E-state index in [1.165, 1.54) is 16.0 Å². The number of amides is 1. The van der Waals surface area contributed by atoms with E-state index in [4.69, 9.17) is 9.47 Å². The zero-order valence-corrected chi connectivity index (χ0v) is 23.4. The van der Waals surface area contributed by atoms with Gasteiger partial charge in [0.05, 0.1) is 25.9 Å². The molecule has 1 saturated carbocycles. The van der Waals surface area contributed by atoms with Crippen LogP contribution in [0.25, 0.3) is 0 Å². The highest BCUT2D eigenvalue weighted by atomic mass is 32.2. The fourth-order valence-corrected chi connectivity index (χ4v) is 7.83. The Kier molecular flexibility index (Phi) is 6.16. The van der Waals surface area contributed by atoms with Crippen LogP contribution in [0.4, 0.5) is 0 Å². The van der Waals surface area contributed by atoms with Crippen LogP contribution in [0.5, 0.6) is 5.75 Å². The molecule has 0 N–H and O–H groups in total. The lowest BCUT2D eigenvalue weighted by atomic mass is 9.92. The van der Waals surface area contributed by atoms with Gasteiger partial charge in [-0.2, -0.15) is 5.01 Å². The lowest BCUT2D eigenvalue weighted by Crippen LogP contribution is -2.69. The molecule has 8 rings (SSSR count). The molecule has 4 heterocycles. The minimum Gasteiger partial charge on any atom is -0.493 e. The van der Waals surface area contributed by atoms with Crippen LogP contribution in [0.15, 0.2) is 90.0 Å². The molecule has 4 aliphatic heterocycles. The Morgan fingerprint density at radius 2 is 1.80 bits per heavy atom. The van der Waals surface area contributed by atoms with E-state index in [-0.39, 0.29) is 24.3 Å². The zero-order chi connectivity index (χ0) is 27.5. The Balaban J connectivity index is 1.27. The lowest BCUT2D eigenvalue weighted by Gasteiger charge is -2.53. The summed E-state index contributed by atoms with van der Waals surface area (Å²) in [7, 11) is 0. The molecule has 3 aromatic rings. The molecule has 3 unspecified atom stereocenters. The molecule has 0 spiro atoms. The molecule has 1 aliphatic carbocycles. The topological polar surface area (TPSA) is 62.3 Å². The third-order valence-corrected chi connectivity index (χ3v) is 10.1. The van der Waals surface area contributed by atoms with Crippen LogP contribution in [0, 0.1) is 11.8 Å². The van der Waals surface area contributed by atoms with E-state index in [1.54, 1.807) is 12.3 Å². The van der Waals surface area contributed by atoms with Crippen LogP contribution in [0.3, 0.4) is 0 Å². The minimum absolute atomic E-state index is 0.0485. The van der Waals surface area contributed by atoms with Crippen molar-refractivity contribution in [3.8, 4) is 5.75 Å². The smallest absolute Gasteiger partial charge is 0.251 e. The van der Waals surface area contributed by atoms with Crippen molar-refractivity contribution in [1.29, 1.82) is 0 Å². The zero-order valence-electron chi connectivity index (χ0n) is 22.6. The maximum absolute atomic E-state index is 14.2. The monoisotopic (exact) mass is 565 g/mol. The van der Waals surface area contributed by atoms with Crippen molar-refractivity contribution in [3.63, 3.8) is 0 Å². The summed E-state index contributed by atoms with van der Waals surface area (Å²) < 4.78 is 12.9. The fraction of sp³-hybridized carbons (Fsp3) is 0.333. The lowest BCUT2D eigenvalue weighted by molar-refractivity contribution is -0.190. The Bertz CT molecular complexity index is 1540. The van der Waals surface area contributed by atoms with Gasteiger partial charge in [0.2, 0.25) is 0 Å². The Morgan fingerprint density at radius 3 is 2.71 bits per heavy atom. The molecule has 0 radical (unpaired) electrons. The first kappa shape index (κ1) is 25.1. The van der Waals surface area contributed by atoms with Gasteiger partial charge in [-0.1, -0.05) is 60.7 Å². The minimum atomic E-state index is -0.903. The molecule has 3 aromatic carbocycles. The number of carbonyl (C=O) groups is 2. The van der Waals surface area contributed by atoms with Gasteiger partial charge in [0.25, 0.3) is 5.91 Å². The predicted octanol–water partition coefficient (Wildman–Crippen LogP) is 4.78. The molecular weight excluding hydrogens is 534 g/mol. The molecule has 1 amide bonds. The van der Waals surface area contributed by atoms with Crippen molar-refractivity contribution in [3.05, 3.63) is 107 Å². The van der Waals surface area contributed by atoms with E-state index in [1.807, 2.05) is 52.0 Å². The molecular formula is C33H31N3O4S. The van der Waals surface area contributed by atoms with E-state index in [2.05, 4.69) is 47.5 Å². The van der Waals surface area contributed by atoms with Gasteiger partial charge in [-0.15, -0.1) is 11.8 Å². The van der Waals surface area contributed by atoms with Gasteiger partial charge >= 0.3 is 0 Å². The number of rotatable bonds is 3. The first-order valence-electron chi connectivity index (χ1n) is 14.3. The van der Waals surface area contributed by atoms with Crippen molar-refractivity contribution in [2.45, 2.75) is 41.9 Å². The van der Waals surface area contributed by atoms with Gasteiger partial charge in [0.1, 0.15) is 5.75 Å². The van der Waals surface area contributed by atoms with Crippen molar-refractivity contribution < 1.29 is 19.1 Å². The normalized spacial score (nSPS) is 29.7. The summed E-state index contributed by atoms with van der Waals surface area (Å²) in [6.07, 6.45) is 3.49. The van der Waals surface area contributed by atoms with E-state index < -0.39 is 12.1 Å². The summed E-state index contributed by atoms with van der Waals surface area (Å²) in [5, 5.41) is 4.25. The number of nitrogens with zero attached hydrogens (tertiary/aromatic N) is 3. The molecule has 2 bridgehead atoms. The first-order valence-corrected chi connectivity index (χ1v) is 15.3. The van der Waals surface area contributed by atoms with Crippen LogP contribution in [-0.2, 0) is 26.7 Å². The van der Waals surface area contributed by atoms with Crippen molar-refractivity contribution in [2.24, 2.45) is 11.8 Å². The van der Waals surface area contributed by atoms with E-state index >= 15 is 0 Å². The highest BCUT2D eigenvalue weighted by molar-refractivity contribution is 7.98. The summed E-state index contributed by atoms with van der Waals surface area (Å²) in [5.74, 6) is 2.34. The van der Waals surface area contributed by atoms with E-state index in [0.717, 1.165) is 29.1 Å². The molecule has 41 heavy (non-hydrogen) atoms. The van der Waals surface area contributed by atoms with Crippen LogP contribution in [-0.4, -0.2) is 58.6 Å². The fourth-order valence-electron chi connectivity index (χ4n) is 6.75. The quantitative estimate of drug-likeness (QED) is 0.453. The maximum atomic E-state index is 14.2. The highest BCUT2D eigenvalue weighted by Gasteiger charge is 2.52. The predicted molar refractivity (Wildman–Crippen MR) is 155 cm³/mol. The number of hydrogen-bond acceptors (Lipinski definition) is 7. The summed E-state index contributed by atoms with van der Waals surface area (Å²) in [4.78, 5) is 30.8. The number of ether oxygens (including phenoxy) is 2. The van der Waals surface area contributed by atoms with E-state index in [9.17, 15) is 9.59 Å². The standard InChI is InChI=1S/C33H31N3O4S/c37-26-13-14-35-31(32(26)40-17-21-7-2-1-3-8-21)33(38)34-16-23-15-24(23)18-39-27-11-6-9-22-19-41-28-12-5-4-10-25(28)30(29(22)27)36(35)20-34/h1-14,23-24,30-32H,15-20H2/t23-,24-,30+,31?,32?/m1/s1. The van der Waals surface area contributed by atoms with Crippen LogP contribution in [0.2, 0.25) is 0 Å². The summed E-state index contributed by atoms with van der Waals surface area (Å²) in [6, 6.07) is 23.7. The van der Waals surface area contributed by atoms with Gasteiger partial charge in [0.15, 0.2) is 17.9 Å². The summed E-state index contributed by atoms with van der Waals surface area (Å²) >= 11 is 1.83. The van der Waals surface area contributed by atoms with Crippen LogP contribution < -0.4 is 4.74 Å². The Morgan fingerprint density at radius 1 is 0.951 bits per heavy atom. The average molecular weight is 566 g/mol. The van der Waals surface area contributed by atoms with Crippen molar-refractivity contribution in [1.82, 2.24) is 14.9 Å². The Labute approximate surface area is 243 Å². The van der Waals surface area contributed by atoms with Gasteiger partial charge < -0.3 is 14.4 Å². The summed E-state index contributed by atoms with van der Waals surface area (Å²) in [6.45, 7) is 2.00. The average Bonchev–Trinajstić information content (AvgIpc) is 3.77. The number of fused-ring (bicyclic) bond motifs is 8. The molecule has 5 aliphatic rings. The van der Waals surface area contributed by atoms with Gasteiger partial charge in [-0.05, 0) is 47.1 Å². The van der Waals surface area contributed by atoms with Gasteiger partial charge in [-0.25, -0.2) is 0 Å².